The number of aliphatic hydroxyl groups excluding tert-OH is 2. The number of thioether (sulfide) groups is 1. The lowest BCUT2D eigenvalue weighted by molar-refractivity contribution is -0.115. The van der Waals surface area contributed by atoms with Crippen molar-refractivity contribution in [3.05, 3.63) is 24.3 Å². The van der Waals surface area contributed by atoms with Gasteiger partial charge in [0.1, 0.15) is 0 Å². The molecule has 0 aliphatic heterocycles. The highest BCUT2D eigenvalue weighted by Crippen LogP contribution is 2.12. The molecule has 1 aromatic carbocycles. The summed E-state index contributed by atoms with van der Waals surface area (Å²) in [5.41, 5.74) is 6.88. The van der Waals surface area contributed by atoms with Crippen LogP contribution in [0.1, 0.15) is 6.42 Å². The number of nitrogens with two attached hydrogens (primary N) is 1. The lowest BCUT2D eigenvalue weighted by atomic mass is 10.3. The van der Waals surface area contributed by atoms with Crippen molar-refractivity contribution in [1.82, 2.24) is 0 Å². The highest BCUT2D eigenvalue weighted by Gasteiger charge is 2.05. The lowest BCUT2D eigenvalue weighted by Crippen LogP contribution is -2.16. The van der Waals surface area contributed by atoms with E-state index in [-0.39, 0.29) is 12.5 Å². The fourth-order valence-corrected chi connectivity index (χ4v) is 2.15. The summed E-state index contributed by atoms with van der Waals surface area (Å²) in [6.45, 7) is -0.248. The van der Waals surface area contributed by atoms with Gasteiger partial charge < -0.3 is 21.3 Å². The third-order valence-corrected chi connectivity index (χ3v) is 3.28. The molecule has 0 heterocycles. The van der Waals surface area contributed by atoms with Gasteiger partial charge in [-0.25, -0.2) is 0 Å². The summed E-state index contributed by atoms with van der Waals surface area (Å²) >= 11 is 1.43. The average molecular weight is 270 g/mol. The van der Waals surface area contributed by atoms with Crippen LogP contribution in [0.25, 0.3) is 0 Å². The maximum Gasteiger partial charge on any atom is 0.225 e. The van der Waals surface area contributed by atoms with Gasteiger partial charge in [0.05, 0.1) is 12.7 Å². The molecule has 0 radical (unpaired) electrons. The van der Waals surface area contributed by atoms with Crippen LogP contribution in [0.15, 0.2) is 24.3 Å². The first-order chi connectivity index (χ1) is 8.61. The number of nitrogen functional groups attached to an aromatic ring is 1. The van der Waals surface area contributed by atoms with E-state index >= 15 is 0 Å². The van der Waals surface area contributed by atoms with Crippen molar-refractivity contribution < 1.29 is 15.0 Å². The van der Waals surface area contributed by atoms with Gasteiger partial charge in [-0.05, 0) is 18.2 Å². The van der Waals surface area contributed by atoms with Crippen LogP contribution >= 0.6 is 11.8 Å². The van der Waals surface area contributed by atoms with Crippen LogP contribution in [-0.4, -0.2) is 40.3 Å². The number of amides is 1. The molecule has 100 valence electrons. The summed E-state index contributed by atoms with van der Waals surface area (Å²) in [4.78, 5) is 11.6. The molecule has 0 aliphatic carbocycles. The van der Waals surface area contributed by atoms with E-state index in [9.17, 15) is 4.79 Å². The van der Waals surface area contributed by atoms with Crippen molar-refractivity contribution in [2.24, 2.45) is 0 Å². The number of hydrogen-bond donors (Lipinski definition) is 4. The Labute approximate surface area is 110 Å². The monoisotopic (exact) mass is 270 g/mol. The fraction of sp³-hybridized carbons (Fsp3) is 0.417. The molecule has 5 nitrogen and oxygen atoms in total. The molecule has 5 N–H and O–H groups in total. The normalized spacial score (nSPS) is 12.1. The van der Waals surface area contributed by atoms with E-state index in [1.807, 2.05) is 0 Å². The van der Waals surface area contributed by atoms with Crippen molar-refractivity contribution in [3.8, 4) is 0 Å². The standard InChI is InChI=1S/C12H18N2O3S/c13-9-2-1-3-10(6-9)14-12(17)4-5-18-8-11(16)7-15/h1-3,6,11,15-16H,4-5,7-8,13H2,(H,14,17). The number of carbonyl (C=O) groups excluding carboxylic acids is 1. The highest BCUT2D eigenvalue weighted by atomic mass is 32.2. The zero-order valence-electron chi connectivity index (χ0n) is 10.0. The Bertz CT molecular complexity index is 387. The lowest BCUT2D eigenvalue weighted by Gasteiger charge is -2.07. The zero-order valence-corrected chi connectivity index (χ0v) is 10.8. The fourth-order valence-electron chi connectivity index (χ4n) is 1.28. The van der Waals surface area contributed by atoms with Crippen LogP contribution < -0.4 is 11.1 Å². The SMILES string of the molecule is Nc1cccc(NC(=O)CCSCC(O)CO)c1. The molecule has 0 spiro atoms. The number of nitrogens with one attached hydrogen (secondary N) is 1. The Balaban J connectivity index is 2.22. The van der Waals surface area contributed by atoms with Gasteiger partial charge >= 0.3 is 0 Å². The summed E-state index contributed by atoms with van der Waals surface area (Å²) < 4.78 is 0. The van der Waals surface area contributed by atoms with Gasteiger partial charge in [0, 0.05) is 29.3 Å². The van der Waals surface area contributed by atoms with E-state index < -0.39 is 6.10 Å². The number of anilines is 2. The Morgan fingerprint density at radius 1 is 1.50 bits per heavy atom. The van der Waals surface area contributed by atoms with E-state index in [0.717, 1.165) is 0 Å². The zero-order chi connectivity index (χ0) is 13.4. The summed E-state index contributed by atoms with van der Waals surface area (Å²) in [5, 5.41) is 20.5. The predicted octanol–water partition coefficient (Wildman–Crippen LogP) is 0.684. The van der Waals surface area contributed by atoms with Crippen LogP contribution in [0.5, 0.6) is 0 Å². The van der Waals surface area contributed by atoms with Crippen molar-refractivity contribution in [3.63, 3.8) is 0 Å². The van der Waals surface area contributed by atoms with Crippen LogP contribution in [0.2, 0.25) is 0 Å². The molecule has 6 heteroatoms. The molecule has 18 heavy (non-hydrogen) atoms. The van der Waals surface area contributed by atoms with Crippen LogP contribution in [0.4, 0.5) is 11.4 Å². The smallest absolute Gasteiger partial charge is 0.225 e. The van der Waals surface area contributed by atoms with Crippen molar-refractivity contribution in [2.75, 3.05) is 29.2 Å². The van der Waals surface area contributed by atoms with Gasteiger partial charge in [0.2, 0.25) is 5.91 Å². The van der Waals surface area contributed by atoms with Gasteiger partial charge in [-0.3, -0.25) is 4.79 Å². The quantitative estimate of drug-likeness (QED) is 0.432. The molecule has 1 rings (SSSR count). The molecule has 1 atom stereocenters. The molecule has 1 unspecified atom stereocenters. The minimum Gasteiger partial charge on any atom is -0.399 e. The van der Waals surface area contributed by atoms with Crippen LogP contribution in [0.3, 0.4) is 0 Å². The first-order valence-corrected chi connectivity index (χ1v) is 6.79. The highest BCUT2D eigenvalue weighted by molar-refractivity contribution is 7.99. The second-order valence-corrected chi connectivity index (χ2v) is 4.98. The number of carbonyl (C=O) groups is 1. The predicted molar refractivity (Wildman–Crippen MR) is 74.5 cm³/mol. The molecule has 1 amide bonds. The number of hydrogen-bond acceptors (Lipinski definition) is 5. The maximum absolute atomic E-state index is 11.6. The second-order valence-electron chi connectivity index (χ2n) is 3.83. The molecule has 0 fully saturated rings. The number of aliphatic hydroxyl groups is 2. The third-order valence-electron chi connectivity index (χ3n) is 2.16. The van der Waals surface area contributed by atoms with E-state index in [0.29, 0.717) is 29.3 Å². The topological polar surface area (TPSA) is 95.6 Å². The summed E-state index contributed by atoms with van der Waals surface area (Å²) in [5.74, 6) is 0.944. The Hall–Kier alpha value is -1.24. The second kappa shape index (κ2) is 7.97. The number of rotatable bonds is 7. The molecule has 0 saturated heterocycles. The summed E-state index contributed by atoms with van der Waals surface area (Å²) in [6.07, 6.45) is -0.357. The minimum absolute atomic E-state index is 0.0911. The van der Waals surface area contributed by atoms with Gasteiger partial charge in [0.25, 0.3) is 0 Å². The summed E-state index contributed by atoms with van der Waals surface area (Å²) in [7, 11) is 0. The summed E-state index contributed by atoms with van der Waals surface area (Å²) in [6, 6.07) is 7.00. The molecule has 0 aliphatic rings. The van der Waals surface area contributed by atoms with Crippen LogP contribution in [0, 0.1) is 0 Å². The van der Waals surface area contributed by atoms with Gasteiger partial charge in [-0.2, -0.15) is 11.8 Å². The maximum atomic E-state index is 11.6. The first kappa shape index (κ1) is 14.8. The van der Waals surface area contributed by atoms with Crippen LogP contribution in [-0.2, 0) is 4.79 Å². The van der Waals surface area contributed by atoms with E-state index in [2.05, 4.69) is 5.32 Å². The Kier molecular flexibility index (Phi) is 6.56. The van der Waals surface area contributed by atoms with Crippen molar-refractivity contribution in [1.29, 1.82) is 0 Å². The molecular formula is C12H18N2O3S. The minimum atomic E-state index is -0.716. The molecular weight excluding hydrogens is 252 g/mol. The van der Waals surface area contributed by atoms with Gasteiger partial charge in [-0.15, -0.1) is 0 Å². The van der Waals surface area contributed by atoms with E-state index in [4.69, 9.17) is 15.9 Å². The van der Waals surface area contributed by atoms with E-state index in [1.54, 1.807) is 24.3 Å². The Morgan fingerprint density at radius 2 is 2.28 bits per heavy atom. The van der Waals surface area contributed by atoms with Crippen molar-refractivity contribution >= 4 is 29.0 Å². The third kappa shape index (κ3) is 5.90. The van der Waals surface area contributed by atoms with E-state index in [1.165, 1.54) is 11.8 Å². The number of benzene rings is 1. The molecule has 0 saturated carbocycles. The van der Waals surface area contributed by atoms with Gasteiger partial charge in [0.15, 0.2) is 0 Å². The Morgan fingerprint density at radius 3 is 2.94 bits per heavy atom. The first-order valence-electron chi connectivity index (χ1n) is 5.64. The van der Waals surface area contributed by atoms with Gasteiger partial charge in [-0.1, -0.05) is 6.07 Å². The molecule has 1 aromatic rings. The average Bonchev–Trinajstić information content (AvgIpc) is 2.34. The molecule has 0 bridgehead atoms. The van der Waals surface area contributed by atoms with Crippen molar-refractivity contribution in [2.45, 2.75) is 12.5 Å². The molecule has 0 aromatic heterocycles. The largest absolute Gasteiger partial charge is 0.399 e.